The van der Waals surface area contributed by atoms with E-state index in [1.165, 1.54) is 13.2 Å². The standard InChI is InChI=1S/C20H30FN5O/c1-5-22-20(24-10-6-7-12-26-13-11-23-16(26)2)25(3)15-17-8-9-19(27-4)18(21)14-17/h8-9,11,13-14H,5-7,10,12,15H2,1-4H3,(H,22,24). The van der Waals surface area contributed by atoms with Gasteiger partial charge in [0.15, 0.2) is 17.5 Å². The van der Waals surface area contributed by atoms with Crippen LogP contribution in [0.1, 0.15) is 31.2 Å². The first kappa shape index (κ1) is 20.7. The number of unbranched alkanes of at least 4 members (excludes halogenated alkanes) is 1. The number of halogens is 1. The number of aromatic nitrogens is 2. The molecule has 0 amide bonds. The summed E-state index contributed by atoms with van der Waals surface area (Å²) in [7, 11) is 3.42. The molecule has 0 spiro atoms. The lowest BCUT2D eigenvalue weighted by Gasteiger charge is -2.22. The number of aliphatic imine (C=N–C) groups is 1. The number of ether oxygens (including phenoxy) is 1. The highest BCUT2D eigenvalue weighted by atomic mass is 19.1. The molecule has 2 aromatic rings. The van der Waals surface area contributed by atoms with Crippen molar-refractivity contribution in [2.24, 2.45) is 4.99 Å². The molecule has 0 aliphatic rings. The molecule has 7 heteroatoms. The van der Waals surface area contributed by atoms with E-state index in [2.05, 4.69) is 14.9 Å². The van der Waals surface area contributed by atoms with Crippen LogP contribution in [0.15, 0.2) is 35.6 Å². The van der Waals surface area contributed by atoms with Gasteiger partial charge in [-0.2, -0.15) is 0 Å². The van der Waals surface area contributed by atoms with Gasteiger partial charge in [0.05, 0.1) is 7.11 Å². The smallest absolute Gasteiger partial charge is 0.193 e. The quantitative estimate of drug-likeness (QED) is 0.415. The van der Waals surface area contributed by atoms with E-state index in [1.807, 2.05) is 44.3 Å². The highest BCUT2D eigenvalue weighted by Gasteiger charge is 2.09. The Labute approximate surface area is 161 Å². The Kier molecular flexibility index (Phi) is 8.10. The van der Waals surface area contributed by atoms with Gasteiger partial charge >= 0.3 is 0 Å². The summed E-state index contributed by atoms with van der Waals surface area (Å²) >= 11 is 0. The Bertz CT molecular complexity index is 744. The lowest BCUT2D eigenvalue weighted by atomic mass is 10.2. The van der Waals surface area contributed by atoms with Gasteiger partial charge in [-0.1, -0.05) is 6.07 Å². The third-order valence-corrected chi connectivity index (χ3v) is 4.32. The fraction of sp³-hybridized carbons (Fsp3) is 0.500. The van der Waals surface area contributed by atoms with E-state index in [0.29, 0.717) is 6.54 Å². The summed E-state index contributed by atoms with van der Waals surface area (Å²) in [6.45, 7) is 7.11. The molecule has 0 aliphatic heterocycles. The average Bonchev–Trinajstić information content (AvgIpc) is 3.05. The number of methoxy groups -OCH3 is 1. The Balaban J connectivity index is 1.87. The highest BCUT2D eigenvalue weighted by molar-refractivity contribution is 5.79. The molecule has 0 aliphatic carbocycles. The number of nitrogens with one attached hydrogen (secondary N) is 1. The minimum atomic E-state index is -0.347. The van der Waals surface area contributed by atoms with Crippen molar-refractivity contribution in [2.75, 3.05) is 27.2 Å². The summed E-state index contributed by atoms with van der Waals surface area (Å²) in [5.74, 6) is 1.78. The van der Waals surface area contributed by atoms with Crippen molar-refractivity contribution in [1.82, 2.24) is 19.8 Å². The molecule has 27 heavy (non-hydrogen) atoms. The molecule has 1 heterocycles. The van der Waals surface area contributed by atoms with Crippen molar-refractivity contribution in [3.8, 4) is 5.75 Å². The topological polar surface area (TPSA) is 54.7 Å². The van der Waals surface area contributed by atoms with Gasteiger partial charge in [0.1, 0.15) is 5.82 Å². The molecule has 0 atom stereocenters. The number of hydrogen-bond acceptors (Lipinski definition) is 3. The first-order valence-electron chi connectivity index (χ1n) is 9.34. The van der Waals surface area contributed by atoms with E-state index >= 15 is 0 Å². The summed E-state index contributed by atoms with van der Waals surface area (Å²) in [6, 6.07) is 5.03. The molecule has 0 saturated heterocycles. The number of imidazole rings is 1. The lowest BCUT2D eigenvalue weighted by Crippen LogP contribution is -2.38. The average molecular weight is 375 g/mol. The van der Waals surface area contributed by atoms with Crippen LogP contribution in [0, 0.1) is 12.7 Å². The minimum Gasteiger partial charge on any atom is -0.494 e. The van der Waals surface area contributed by atoms with Gasteiger partial charge in [-0.05, 0) is 44.4 Å². The van der Waals surface area contributed by atoms with E-state index in [1.54, 1.807) is 6.07 Å². The van der Waals surface area contributed by atoms with Crippen molar-refractivity contribution >= 4 is 5.96 Å². The van der Waals surface area contributed by atoms with Gasteiger partial charge in [0.25, 0.3) is 0 Å². The molecule has 1 aromatic heterocycles. The molecule has 1 N–H and O–H groups in total. The van der Waals surface area contributed by atoms with E-state index in [-0.39, 0.29) is 11.6 Å². The second-order valence-corrected chi connectivity index (χ2v) is 6.44. The van der Waals surface area contributed by atoms with Crippen LogP contribution in [0.5, 0.6) is 5.75 Å². The molecule has 0 unspecified atom stereocenters. The summed E-state index contributed by atoms with van der Waals surface area (Å²) in [6.07, 6.45) is 5.88. The number of rotatable bonds is 9. The second kappa shape index (κ2) is 10.5. The third-order valence-electron chi connectivity index (χ3n) is 4.32. The maximum Gasteiger partial charge on any atom is 0.193 e. The number of benzene rings is 1. The first-order chi connectivity index (χ1) is 13.0. The van der Waals surface area contributed by atoms with Crippen LogP contribution in [0.2, 0.25) is 0 Å². The van der Waals surface area contributed by atoms with Crippen molar-refractivity contribution in [2.45, 2.75) is 39.8 Å². The van der Waals surface area contributed by atoms with Crippen LogP contribution in [-0.2, 0) is 13.1 Å². The Morgan fingerprint density at radius 1 is 1.37 bits per heavy atom. The zero-order valence-electron chi connectivity index (χ0n) is 16.7. The number of guanidine groups is 1. The van der Waals surface area contributed by atoms with Gasteiger partial charge < -0.3 is 19.5 Å². The van der Waals surface area contributed by atoms with Crippen LogP contribution in [-0.4, -0.2) is 47.7 Å². The van der Waals surface area contributed by atoms with Crippen LogP contribution in [0.4, 0.5) is 4.39 Å². The largest absolute Gasteiger partial charge is 0.494 e. The highest BCUT2D eigenvalue weighted by Crippen LogP contribution is 2.18. The third kappa shape index (κ3) is 6.27. The zero-order valence-corrected chi connectivity index (χ0v) is 16.7. The number of nitrogens with zero attached hydrogens (tertiary/aromatic N) is 4. The normalized spacial score (nSPS) is 11.5. The number of aryl methyl sites for hydroxylation is 2. The Hall–Kier alpha value is -2.57. The fourth-order valence-corrected chi connectivity index (χ4v) is 2.85. The summed E-state index contributed by atoms with van der Waals surface area (Å²) in [5, 5.41) is 3.30. The molecule has 0 bridgehead atoms. The lowest BCUT2D eigenvalue weighted by molar-refractivity contribution is 0.385. The van der Waals surface area contributed by atoms with Gasteiger partial charge in [-0.3, -0.25) is 4.99 Å². The predicted molar refractivity (Wildman–Crippen MR) is 107 cm³/mol. The van der Waals surface area contributed by atoms with Gasteiger partial charge in [-0.25, -0.2) is 9.37 Å². The molecule has 148 valence electrons. The second-order valence-electron chi connectivity index (χ2n) is 6.44. The molecular weight excluding hydrogens is 345 g/mol. The van der Waals surface area contributed by atoms with Crippen molar-refractivity contribution in [1.29, 1.82) is 0 Å². The van der Waals surface area contributed by atoms with Crippen molar-refractivity contribution in [3.63, 3.8) is 0 Å². The van der Waals surface area contributed by atoms with E-state index in [4.69, 9.17) is 9.73 Å². The Morgan fingerprint density at radius 3 is 2.81 bits per heavy atom. The first-order valence-corrected chi connectivity index (χ1v) is 9.34. The van der Waals surface area contributed by atoms with Gasteiger partial charge in [0, 0.05) is 45.6 Å². The molecule has 1 aromatic carbocycles. The van der Waals surface area contributed by atoms with E-state index in [0.717, 1.165) is 49.8 Å². The fourth-order valence-electron chi connectivity index (χ4n) is 2.85. The van der Waals surface area contributed by atoms with Crippen LogP contribution >= 0.6 is 0 Å². The molecule has 2 rings (SSSR count). The summed E-state index contributed by atoms with van der Waals surface area (Å²) < 4.78 is 21.0. The van der Waals surface area contributed by atoms with Crippen LogP contribution in [0.25, 0.3) is 0 Å². The van der Waals surface area contributed by atoms with Gasteiger partial charge in [-0.15, -0.1) is 0 Å². The van der Waals surface area contributed by atoms with E-state index in [9.17, 15) is 4.39 Å². The van der Waals surface area contributed by atoms with Gasteiger partial charge in [0.2, 0.25) is 0 Å². The monoisotopic (exact) mass is 375 g/mol. The molecule has 0 radical (unpaired) electrons. The minimum absolute atomic E-state index is 0.259. The molecule has 0 fully saturated rings. The SMILES string of the molecule is CCNC(=NCCCCn1ccnc1C)N(C)Cc1ccc(OC)c(F)c1. The maximum absolute atomic E-state index is 13.9. The van der Waals surface area contributed by atoms with Crippen LogP contribution in [0.3, 0.4) is 0 Å². The zero-order chi connectivity index (χ0) is 19.6. The maximum atomic E-state index is 13.9. The summed E-state index contributed by atoms with van der Waals surface area (Å²) in [5.41, 5.74) is 0.872. The Morgan fingerprint density at radius 2 is 2.19 bits per heavy atom. The van der Waals surface area contributed by atoms with Crippen molar-refractivity contribution in [3.05, 3.63) is 47.8 Å². The number of hydrogen-bond donors (Lipinski definition) is 1. The summed E-state index contributed by atoms with van der Waals surface area (Å²) in [4.78, 5) is 10.9. The molecule has 0 saturated carbocycles. The molecular formula is C20H30FN5O. The molecule has 6 nitrogen and oxygen atoms in total. The predicted octanol–water partition coefficient (Wildman–Crippen LogP) is 3.22. The van der Waals surface area contributed by atoms with Crippen molar-refractivity contribution < 1.29 is 9.13 Å². The van der Waals surface area contributed by atoms with Crippen LogP contribution < -0.4 is 10.1 Å². The van der Waals surface area contributed by atoms with E-state index < -0.39 is 0 Å².